The third-order valence-electron chi connectivity index (χ3n) is 3.04. The summed E-state index contributed by atoms with van der Waals surface area (Å²) >= 11 is 0. The first kappa shape index (κ1) is 11.5. The predicted octanol–water partition coefficient (Wildman–Crippen LogP) is 1.29. The molecule has 2 N–H and O–H groups in total. The molecule has 0 spiro atoms. The minimum absolute atomic E-state index is 0.0545. The number of carbonyl (C=O) groups is 1. The molecule has 0 heterocycles. The number of rotatable bonds is 5. The lowest BCUT2D eigenvalue weighted by molar-refractivity contribution is -0.118. The van der Waals surface area contributed by atoms with Crippen LogP contribution in [0.25, 0.3) is 0 Å². The van der Waals surface area contributed by atoms with Crippen LogP contribution in [-0.2, 0) is 4.79 Å². The van der Waals surface area contributed by atoms with Crippen molar-refractivity contribution in [3.63, 3.8) is 0 Å². The molecule has 0 bridgehead atoms. The third-order valence-corrected chi connectivity index (χ3v) is 3.04. The fourth-order valence-electron chi connectivity index (χ4n) is 2.12. The molecule has 0 unspecified atom stereocenters. The van der Waals surface area contributed by atoms with E-state index in [1.807, 2.05) is 0 Å². The first-order valence-electron chi connectivity index (χ1n) is 5.58. The molecule has 14 heavy (non-hydrogen) atoms. The van der Waals surface area contributed by atoms with Crippen LogP contribution in [0.2, 0.25) is 0 Å². The van der Waals surface area contributed by atoms with Crippen molar-refractivity contribution in [3.8, 4) is 0 Å². The predicted molar refractivity (Wildman–Crippen MR) is 58.1 cm³/mol. The molecular formula is C11H22N2O. The van der Waals surface area contributed by atoms with Gasteiger partial charge in [-0.15, -0.1) is 0 Å². The van der Waals surface area contributed by atoms with Crippen LogP contribution in [0.4, 0.5) is 0 Å². The lowest BCUT2D eigenvalue weighted by Gasteiger charge is -2.23. The van der Waals surface area contributed by atoms with Crippen molar-refractivity contribution < 1.29 is 4.79 Å². The van der Waals surface area contributed by atoms with Gasteiger partial charge in [-0.25, -0.2) is 0 Å². The van der Waals surface area contributed by atoms with Gasteiger partial charge >= 0.3 is 0 Å². The van der Waals surface area contributed by atoms with Crippen molar-refractivity contribution >= 4 is 5.91 Å². The summed E-state index contributed by atoms with van der Waals surface area (Å²) in [6, 6.07) is 0. The molecule has 1 amide bonds. The van der Waals surface area contributed by atoms with Crippen molar-refractivity contribution in [2.45, 2.75) is 39.5 Å². The standard InChI is InChI=1S/C11H22N2O/c1-10(14)13-8-7-12-9-11(2)5-3-4-6-11/h12H,3-9H2,1-2H3,(H,13,14). The second-order valence-corrected chi connectivity index (χ2v) is 4.68. The van der Waals surface area contributed by atoms with E-state index < -0.39 is 0 Å². The van der Waals surface area contributed by atoms with E-state index in [4.69, 9.17) is 0 Å². The van der Waals surface area contributed by atoms with E-state index in [-0.39, 0.29) is 5.91 Å². The maximum Gasteiger partial charge on any atom is 0.216 e. The van der Waals surface area contributed by atoms with E-state index in [9.17, 15) is 4.79 Å². The van der Waals surface area contributed by atoms with E-state index in [1.165, 1.54) is 25.7 Å². The van der Waals surface area contributed by atoms with Crippen LogP contribution in [0.1, 0.15) is 39.5 Å². The Hall–Kier alpha value is -0.570. The van der Waals surface area contributed by atoms with Gasteiger partial charge in [-0.05, 0) is 18.3 Å². The summed E-state index contributed by atoms with van der Waals surface area (Å²) in [5.41, 5.74) is 0.510. The first-order valence-corrected chi connectivity index (χ1v) is 5.58. The van der Waals surface area contributed by atoms with Gasteiger partial charge in [0, 0.05) is 26.6 Å². The van der Waals surface area contributed by atoms with Crippen molar-refractivity contribution in [2.75, 3.05) is 19.6 Å². The fourth-order valence-corrected chi connectivity index (χ4v) is 2.12. The van der Waals surface area contributed by atoms with E-state index in [0.29, 0.717) is 5.41 Å². The Morgan fingerprint density at radius 1 is 1.29 bits per heavy atom. The van der Waals surface area contributed by atoms with Gasteiger partial charge in [0.25, 0.3) is 0 Å². The van der Waals surface area contributed by atoms with Gasteiger partial charge < -0.3 is 10.6 Å². The largest absolute Gasteiger partial charge is 0.355 e. The van der Waals surface area contributed by atoms with Gasteiger partial charge in [0.05, 0.1) is 0 Å². The van der Waals surface area contributed by atoms with E-state index in [2.05, 4.69) is 17.6 Å². The van der Waals surface area contributed by atoms with Crippen molar-refractivity contribution in [2.24, 2.45) is 5.41 Å². The minimum atomic E-state index is 0.0545. The van der Waals surface area contributed by atoms with Crippen LogP contribution in [0.15, 0.2) is 0 Å². The number of amides is 1. The highest BCUT2D eigenvalue weighted by Crippen LogP contribution is 2.36. The van der Waals surface area contributed by atoms with E-state index >= 15 is 0 Å². The van der Waals surface area contributed by atoms with Crippen molar-refractivity contribution in [3.05, 3.63) is 0 Å². The summed E-state index contributed by atoms with van der Waals surface area (Å²) < 4.78 is 0. The monoisotopic (exact) mass is 198 g/mol. The highest BCUT2D eigenvalue weighted by molar-refractivity contribution is 5.72. The van der Waals surface area contributed by atoms with E-state index in [0.717, 1.165) is 19.6 Å². The van der Waals surface area contributed by atoms with Crippen LogP contribution < -0.4 is 10.6 Å². The second-order valence-electron chi connectivity index (χ2n) is 4.68. The molecule has 1 aliphatic carbocycles. The number of hydrogen-bond donors (Lipinski definition) is 2. The zero-order valence-electron chi connectivity index (χ0n) is 9.36. The average Bonchev–Trinajstić information content (AvgIpc) is 2.51. The SMILES string of the molecule is CC(=O)NCCNCC1(C)CCCC1. The van der Waals surface area contributed by atoms with Crippen molar-refractivity contribution in [1.82, 2.24) is 10.6 Å². The summed E-state index contributed by atoms with van der Waals surface area (Å²) in [6.07, 6.45) is 5.45. The molecule has 0 atom stereocenters. The Balaban J connectivity index is 2.00. The Kier molecular flexibility index (Phi) is 4.39. The maximum atomic E-state index is 10.6. The van der Waals surface area contributed by atoms with Crippen LogP contribution in [0.3, 0.4) is 0 Å². The fraction of sp³-hybridized carbons (Fsp3) is 0.909. The molecular weight excluding hydrogens is 176 g/mol. The molecule has 1 rings (SSSR count). The summed E-state index contributed by atoms with van der Waals surface area (Å²) in [7, 11) is 0. The first-order chi connectivity index (χ1) is 6.62. The van der Waals surface area contributed by atoms with Gasteiger partial charge in [0.1, 0.15) is 0 Å². The van der Waals surface area contributed by atoms with Gasteiger partial charge in [-0.1, -0.05) is 19.8 Å². The molecule has 0 saturated heterocycles. The minimum Gasteiger partial charge on any atom is -0.355 e. The van der Waals surface area contributed by atoms with Crippen molar-refractivity contribution in [1.29, 1.82) is 0 Å². The summed E-state index contributed by atoms with van der Waals surface area (Å²) in [5.74, 6) is 0.0545. The number of nitrogens with one attached hydrogen (secondary N) is 2. The highest BCUT2D eigenvalue weighted by Gasteiger charge is 2.27. The lowest BCUT2D eigenvalue weighted by atomic mass is 9.89. The Morgan fingerprint density at radius 2 is 1.93 bits per heavy atom. The molecule has 0 aromatic heterocycles. The molecule has 1 aliphatic rings. The Morgan fingerprint density at radius 3 is 2.50 bits per heavy atom. The molecule has 3 nitrogen and oxygen atoms in total. The van der Waals surface area contributed by atoms with Crippen LogP contribution in [0.5, 0.6) is 0 Å². The Labute approximate surface area is 86.6 Å². The molecule has 0 radical (unpaired) electrons. The molecule has 1 fully saturated rings. The normalized spacial score (nSPS) is 19.6. The molecule has 1 saturated carbocycles. The lowest BCUT2D eigenvalue weighted by Crippen LogP contribution is -2.35. The molecule has 0 aromatic rings. The van der Waals surface area contributed by atoms with Crippen LogP contribution >= 0.6 is 0 Å². The smallest absolute Gasteiger partial charge is 0.216 e. The molecule has 82 valence electrons. The van der Waals surface area contributed by atoms with Crippen LogP contribution in [-0.4, -0.2) is 25.5 Å². The Bertz CT molecular complexity index is 186. The third kappa shape index (κ3) is 4.09. The quantitative estimate of drug-likeness (QED) is 0.654. The van der Waals surface area contributed by atoms with Gasteiger partial charge in [-0.2, -0.15) is 0 Å². The number of hydrogen-bond acceptors (Lipinski definition) is 2. The summed E-state index contributed by atoms with van der Waals surface area (Å²) in [5, 5.41) is 6.19. The second kappa shape index (κ2) is 5.35. The maximum absolute atomic E-state index is 10.6. The average molecular weight is 198 g/mol. The highest BCUT2D eigenvalue weighted by atomic mass is 16.1. The van der Waals surface area contributed by atoms with Crippen LogP contribution in [0, 0.1) is 5.41 Å². The molecule has 0 aliphatic heterocycles. The summed E-state index contributed by atoms with van der Waals surface area (Å²) in [6.45, 7) is 6.62. The summed E-state index contributed by atoms with van der Waals surface area (Å²) in [4.78, 5) is 10.6. The number of carbonyl (C=O) groups excluding carboxylic acids is 1. The molecule has 0 aromatic carbocycles. The van der Waals surface area contributed by atoms with E-state index in [1.54, 1.807) is 6.92 Å². The topological polar surface area (TPSA) is 41.1 Å². The zero-order valence-corrected chi connectivity index (χ0v) is 9.36. The van der Waals surface area contributed by atoms with Gasteiger partial charge in [0.2, 0.25) is 5.91 Å². The van der Waals surface area contributed by atoms with Gasteiger partial charge in [-0.3, -0.25) is 4.79 Å². The van der Waals surface area contributed by atoms with Gasteiger partial charge in [0.15, 0.2) is 0 Å². The zero-order chi connectivity index (χ0) is 10.4. The molecule has 3 heteroatoms.